The lowest BCUT2D eigenvalue weighted by molar-refractivity contribution is -0.346. The molecule has 0 aliphatic carbocycles. The number of hydrogen-bond donors (Lipinski definition) is 3. The van der Waals surface area contributed by atoms with E-state index in [2.05, 4.69) is 0 Å². The fourth-order valence-electron chi connectivity index (χ4n) is 3.62. The van der Waals surface area contributed by atoms with E-state index in [1.165, 1.54) is 0 Å². The van der Waals surface area contributed by atoms with Crippen molar-refractivity contribution in [3.05, 3.63) is 61.4 Å². The summed E-state index contributed by atoms with van der Waals surface area (Å²) in [6, 6.07) is 3.85. The van der Waals surface area contributed by atoms with Crippen LogP contribution in [0.3, 0.4) is 0 Å². The molecule has 1 aromatic heterocycles. The maximum absolute atomic E-state index is 12.1. The third-order valence-electron chi connectivity index (χ3n) is 5.05. The molecule has 1 aromatic carbocycles. The third kappa shape index (κ3) is 4.33. The molecule has 0 radical (unpaired) electrons. The highest BCUT2D eigenvalue weighted by atomic mass is 31.2. The van der Waals surface area contributed by atoms with Crippen molar-refractivity contribution in [2.75, 3.05) is 0 Å². The van der Waals surface area contributed by atoms with Crippen molar-refractivity contribution in [1.82, 2.24) is 9.55 Å². The van der Waals surface area contributed by atoms with E-state index >= 15 is 0 Å². The summed E-state index contributed by atoms with van der Waals surface area (Å²) >= 11 is 0. The minimum atomic E-state index is -2.75. The van der Waals surface area contributed by atoms with E-state index in [0.717, 1.165) is 27.5 Å². The molecular formula is C19H21N2O9P. The van der Waals surface area contributed by atoms with Gasteiger partial charge in [0.1, 0.15) is 18.1 Å². The van der Waals surface area contributed by atoms with Gasteiger partial charge in [0, 0.05) is 11.8 Å². The van der Waals surface area contributed by atoms with Crippen LogP contribution in [0.15, 0.2) is 27.9 Å². The average Bonchev–Trinajstić information content (AvgIpc) is 3.19. The van der Waals surface area contributed by atoms with Gasteiger partial charge in [0.15, 0.2) is 6.29 Å². The van der Waals surface area contributed by atoms with E-state index in [1.807, 2.05) is 31.0 Å². The molecule has 1 saturated heterocycles. The molecule has 0 spiro atoms. The lowest BCUT2D eigenvalue weighted by atomic mass is 10.1. The summed E-state index contributed by atoms with van der Waals surface area (Å²) in [7, 11) is -2.12. The SMILES string of the molecule is Cc1cc(C)c2c(c1)COP(OC(O)(O)C1CCC(n3cc(C=O)c(=O)[nH]c3=O)O1)O2. The van der Waals surface area contributed by atoms with Crippen molar-refractivity contribution in [3.8, 4) is 5.75 Å². The molecule has 0 amide bonds. The smallest absolute Gasteiger partial charge is 0.402 e. The monoisotopic (exact) mass is 452 g/mol. The van der Waals surface area contributed by atoms with Crippen molar-refractivity contribution in [3.63, 3.8) is 0 Å². The van der Waals surface area contributed by atoms with Crippen molar-refractivity contribution < 1.29 is 33.3 Å². The van der Waals surface area contributed by atoms with Crippen molar-refractivity contribution in [2.24, 2.45) is 0 Å². The normalized spacial score (nSPS) is 23.3. The van der Waals surface area contributed by atoms with Gasteiger partial charge < -0.3 is 19.5 Å². The summed E-state index contributed by atoms with van der Waals surface area (Å²) in [5.41, 5.74) is 0.912. The van der Waals surface area contributed by atoms with Crippen molar-refractivity contribution in [2.45, 2.75) is 51.6 Å². The number of aromatic nitrogens is 2. The summed E-state index contributed by atoms with van der Waals surface area (Å²) in [5, 5.41) is 20.9. The lowest BCUT2D eigenvalue weighted by Crippen LogP contribution is -2.44. The van der Waals surface area contributed by atoms with Crippen LogP contribution in [-0.2, 0) is 20.4 Å². The first-order chi connectivity index (χ1) is 14.7. The average molecular weight is 452 g/mol. The highest BCUT2D eigenvalue weighted by Crippen LogP contribution is 2.51. The Morgan fingerprint density at radius 3 is 2.81 bits per heavy atom. The number of aryl methyl sites for hydroxylation is 2. The first kappa shape index (κ1) is 21.8. The quantitative estimate of drug-likeness (QED) is 0.345. The minimum absolute atomic E-state index is 0.123. The molecule has 3 N–H and O–H groups in total. The summed E-state index contributed by atoms with van der Waals surface area (Å²) in [6.07, 6.45) is -0.445. The van der Waals surface area contributed by atoms with E-state index < -0.39 is 38.2 Å². The van der Waals surface area contributed by atoms with Gasteiger partial charge in [-0.25, -0.2) is 9.32 Å². The van der Waals surface area contributed by atoms with Gasteiger partial charge in [-0.15, -0.1) is 0 Å². The first-order valence-electron chi connectivity index (χ1n) is 9.49. The van der Waals surface area contributed by atoms with Crippen LogP contribution in [0.25, 0.3) is 0 Å². The molecule has 3 atom stereocenters. The molecule has 2 aromatic rings. The molecule has 2 aliphatic rings. The molecule has 3 heterocycles. The van der Waals surface area contributed by atoms with Gasteiger partial charge in [0.25, 0.3) is 5.56 Å². The molecule has 4 rings (SSSR count). The molecule has 11 nitrogen and oxygen atoms in total. The molecule has 166 valence electrons. The number of fused-ring (bicyclic) bond motifs is 1. The van der Waals surface area contributed by atoms with Crippen LogP contribution in [-0.4, -0.2) is 38.1 Å². The highest BCUT2D eigenvalue weighted by Gasteiger charge is 2.47. The Balaban J connectivity index is 1.46. The van der Waals surface area contributed by atoms with Gasteiger partial charge in [-0.3, -0.25) is 23.7 Å². The maximum atomic E-state index is 12.1. The predicted molar refractivity (Wildman–Crippen MR) is 106 cm³/mol. The Bertz CT molecular complexity index is 1130. The van der Waals surface area contributed by atoms with E-state index in [-0.39, 0.29) is 25.0 Å². The number of rotatable bonds is 5. The van der Waals surface area contributed by atoms with Crippen LogP contribution < -0.4 is 15.8 Å². The fourth-order valence-corrected chi connectivity index (χ4v) is 4.75. The van der Waals surface area contributed by atoms with Gasteiger partial charge in [0.05, 0.1) is 12.2 Å². The number of benzene rings is 1. The van der Waals surface area contributed by atoms with Crippen molar-refractivity contribution in [1.29, 1.82) is 0 Å². The van der Waals surface area contributed by atoms with Crippen LogP contribution in [0, 0.1) is 13.8 Å². The van der Waals surface area contributed by atoms with Crippen molar-refractivity contribution >= 4 is 14.9 Å². The Hall–Kier alpha value is -2.40. The van der Waals surface area contributed by atoms with Crippen LogP contribution in [0.4, 0.5) is 0 Å². The Morgan fingerprint density at radius 1 is 1.29 bits per heavy atom. The topological polar surface area (TPSA) is 149 Å². The number of hydrogen-bond acceptors (Lipinski definition) is 9. The van der Waals surface area contributed by atoms with Crippen LogP contribution in [0.2, 0.25) is 0 Å². The number of nitrogens with one attached hydrogen (secondary N) is 1. The predicted octanol–water partition coefficient (Wildman–Crippen LogP) is 1.13. The van der Waals surface area contributed by atoms with Gasteiger partial charge in [-0.05, 0) is 32.3 Å². The Labute approximate surface area is 177 Å². The van der Waals surface area contributed by atoms with Gasteiger partial charge >= 0.3 is 20.3 Å². The third-order valence-corrected chi connectivity index (χ3v) is 6.13. The second-order valence-corrected chi connectivity index (χ2v) is 8.50. The number of H-pyrrole nitrogens is 1. The van der Waals surface area contributed by atoms with E-state index in [1.54, 1.807) is 0 Å². The molecule has 12 heteroatoms. The van der Waals surface area contributed by atoms with Crippen LogP contribution in [0.5, 0.6) is 5.75 Å². The molecule has 0 bridgehead atoms. The summed E-state index contributed by atoms with van der Waals surface area (Å²) in [6.45, 7) is 4.01. The Morgan fingerprint density at radius 2 is 2.06 bits per heavy atom. The van der Waals surface area contributed by atoms with E-state index in [9.17, 15) is 24.6 Å². The van der Waals surface area contributed by atoms with Gasteiger partial charge in [-0.1, -0.05) is 17.7 Å². The summed E-state index contributed by atoms with van der Waals surface area (Å²) < 4.78 is 23.1. The van der Waals surface area contributed by atoms with E-state index in [0.29, 0.717) is 12.0 Å². The van der Waals surface area contributed by atoms with Crippen LogP contribution in [0.1, 0.15) is 46.1 Å². The molecule has 31 heavy (non-hydrogen) atoms. The number of aliphatic hydroxyl groups is 2. The molecule has 3 unspecified atom stereocenters. The number of ether oxygens (including phenoxy) is 1. The number of carbonyl (C=O) groups excluding carboxylic acids is 1. The molecule has 0 saturated carbocycles. The number of aldehydes is 1. The fraction of sp³-hybridized carbons (Fsp3) is 0.421. The zero-order valence-corrected chi connectivity index (χ0v) is 17.6. The second-order valence-electron chi connectivity index (χ2n) is 7.43. The summed E-state index contributed by atoms with van der Waals surface area (Å²) in [4.78, 5) is 36.6. The lowest BCUT2D eigenvalue weighted by Gasteiger charge is -2.32. The molecular weight excluding hydrogens is 431 g/mol. The van der Waals surface area contributed by atoms with Gasteiger partial charge in [0.2, 0.25) is 0 Å². The van der Waals surface area contributed by atoms with Crippen LogP contribution >= 0.6 is 8.60 Å². The summed E-state index contributed by atoms with van der Waals surface area (Å²) in [5.74, 6) is -2.18. The maximum Gasteiger partial charge on any atom is 0.402 e. The highest BCUT2D eigenvalue weighted by molar-refractivity contribution is 7.42. The number of carbonyl (C=O) groups is 1. The second kappa shape index (κ2) is 8.27. The number of nitrogens with zero attached hydrogens (tertiary/aromatic N) is 1. The zero-order chi connectivity index (χ0) is 22.3. The largest absolute Gasteiger partial charge is 0.426 e. The molecule has 2 aliphatic heterocycles. The van der Waals surface area contributed by atoms with E-state index in [4.69, 9.17) is 18.3 Å². The standard InChI is InChI=1S/C19H21N2O9P/c1-10-5-11(2)16-12(6-10)9-27-31(29-16)30-19(25,26)14-3-4-15(28-14)21-7-13(8-22)17(23)20-18(21)24/h5-8,14-15,25-26H,3-4,9H2,1-2H3,(H,20,23,24). The number of aromatic amines is 1. The first-order valence-corrected chi connectivity index (χ1v) is 10.6. The minimum Gasteiger partial charge on any atom is -0.426 e. The molecule has 1 fully saturated rings. The van der Waals surface area contributed by atoms with Gasteiger partial charge in [-0.2, -0.15) is 0 Å². The Kier molecular flexibility index (Phi) is 5.82. The zero-order valence-electron chi connectivity index (χ0n) is 16.7.